The summed E-state index contributed by atoms with van der Waals surface area (Å²) in [7, 11) is -3.29. The number of hydrogen-bond acceptors (Lipinski definition) is 5. The van der Waals surface area contributed by atoms with E-state index >= 15 is 0 Å². The summed E-state index contributed by atoms with van der Waals surface area (Å²) in [6.45, 7) is 3.98. The minimum Gasteiger partial charge on any atom is -0.372 e. The lowest BCUT2D eigenvalue weighted by Gasteiger charge is -1.85. The molecule has 0 saturated heterocycles. The molecule has 0 bridgehead atoms. The fourth-order valence-electron chi connectivity index (χ4n) is 0.516. The van der Waals surface area contributed by atoms with E-state index in [4.69, 9.17) is 4.55 Å². The third-order valence-corrected chi connectivity index (χ3v) is 1.47. The molecule has 0 fully saturated rings. The van der Waals surface area contributed by atoms with Gasteiger partial charge in [-0.05, 0) is 6.92 Å². The lowest BCUT2D eigenvalue weighted by atomic mass is 10.7. The lowest BCUT2D eigenvalue weighted by Crippen LogP contribution is -2.13. The number of hydrogen-bond donors (Lipinski definition) is 2. The Morgan fingerprint density at radius 2 is 2.17 bits per heavy atom. The van der Waals surface area contributed by atoms with E-state index in [1.54, 1.807) is 0 Å². The molecular formula is C5H12N2O4S. The van der Waals surface area contributed by atoms with Crippen LogP contribution in [0.3, 0.4) is 0 Å². The van der Waals surface area contributed by atoms with Crippen molar-refractivity contribution in [2.24, 2.45) is 4.99 Å². The van der Waals surface area contributed by atoms with E-state index in [-0.39, 0.29) is 0 Å². The van der Waals surface area contributed by atoms with Crippen molar-refractivity contribution in [1.29, 1.82) is 0 Å². The minimum absolute atomic E-state index is 0.870. The predicted octanol–water partition coefficient (Wildman–Crippen LogP) is -0.556. The van der Waals surface area contributed by atoms with E-state index in [1.807, 2.05) is 6.92 Å². The van der Waals surface area contributed by atoms with Crippen LogP contribution < -0.4 is 5.32 Å². The largest absolute Gasteiger partial charge is 0.397 e. The van der Waals surface area contributed by atoms with Gasteiger partial charge >= 0.3 is 10.4 Å². The van der Waals surface area contributed by atoms with Gasteiger partial charge in [0.1, 0.15) is 0 Å². The molecule has 0 spiro atoms. The Balaban J connectivity index is 0.000000202. The Bertz CT molecular complexity index is 246. The van der Waals surface area contributed by atoms with Gasteiger partial charge in [-0.15, -0.1) is 0 Å². The van der Waals surface area contributed by atoms with E-state index < -0.39 is 10.4 Å². The zero-order chi connectivity index (χ0) is 9.61. The van der Waals surface area contributed by atoms with Crippen molar-refractivity contribution < 1.29 is 17.2 Å². The summed E-state index contributed by atoms with van der Waals surface area (Å²) in [6, 6.07) is 0. The van der Waals surface area contributed by atoms with Crippen molar-refractivity contribution in [2.75, 3.05) is 20.2 Å². The zero-order valence-electron chi connectivity index (χ0n) is 6.94. The molecule has 0 aromatic carbocycles. The average Bonchev–Trinajstić information content (AvgIpc) is 2.39. The maximum absolute atomic E-state index is 9.33. The van der Waals surface area contributed by atoms with Crippen molar-refractivity contribution in [1.82, 2.24) is 5.32 Å². The maximum Gasteiger partial charge on any atom is 0.397 e. The summed E-state index contributed by atoms with van der Waals surface area (Å²) >= 11 is 0. The highest BCUT2D eigenvalue weighted by atomic mass is 32.3. The summed E-state index contributed by atoms with van der Waals surface area (Å²) in [6.07, 6.45) is 0. The van der Waals surface area contributed by atoms with Gasteiger partial charge in [0.15, 0.2) is 0 Å². The van der Waals surface area contributed by atoms with E-state index in [9.17, 15) is 8.42 Å². The molecular weight excluding hydrogens is 184 g/mol. The van der Waals surface area contributed by atoms with Crippen molar-refractivity contribution in [3.05, 3.63) is 0 Å². The highest BCUT2D eigenvalue weighted by Crippen LogP contribution is 1.79. The van der Waals surface area contributed by atoms with Gasteiger partial charge in [0, 0.05) is 6.54 Å². The van der Waals surface area contributed by atoms with Gasteiger partial charge in [-0.2, -0.15) is 8.42 Å². The second-order valence-electron chi connectivity index (χ2n) is 1.99. The molecule has 0 saturated carbocycles. The molecule has 1 aliphatic heterocycles. The Labute approximate surface area is 71.6 Å². The molecule has 0 aromatic rings. The van der Waals surface area contributed by atoms with Crippen LogP contribution in [-0.2, 0) is 14.6 Å². The smallest absolute Gasteiger partial charge is 0.372 e. The van der Waals surface area contributed by atoms with Gasteiger partial charge in [0.2, 0.25) is 0 Å². The van der Waals surface area contributed by atoms with Crippen LogP contribution >= 0.6 is 0 Å². The molecule has 1 aliphatic rings. The second-order valence-corrected chi connectivity index (χ2v) is 3.18. The van der Waals surface area contributed by atoms with Crippen molar-refractivity contribution in [3.8, 4) is 0 Å². The maximum atomic E-state index is 9.33. The average molecular weight is 196 g/mol. The Kier molecular flexibility index (Phi) is 4.79. The quantitative estimate of drug-likeness (QED) is 0.549. The molecule has 12 heavy (non-hydrogen) atoms. The van der Waals surface area contributed by atoms with Crippen molar-refractivity contribution in [3.63, 3.8) is 0 Å². The number of aliphatic imine (C=N–C) groups is 1. The molecule has 0 atom stereocenters. The van der Waals surface area contributed by atoms with Crippen LogP contribution in [0, 0.1) is 0 Å². The molecule has 0 aromatic heterocycles. The van der Waals surface area contributed by atoms with Gasteiger partial charge < -0.3 is 5.32 Å². The first-order valence-corrected chi connectivity index (χ1v) is 4.60. The van der Waals surface area contributed by atoms with Crippen LogP contribution in [0.4, 0.5) is 0 Å². The number of amidine groups is 1. The van der Waals surface area contributed by atoms with Crippen LogP contribution in [-0.4, -0.2) is 39.0 Å². The standard InChI is InChI=1S/C4H8N2.CH4O4S/c1-4-5-2-3-6-4;1-5-6(2,3)4/h2-3H2,1H3,(H,5,6);1H3,(H,2,3,4). The van der Waals surface area contributed by atoms with Crippen LogP contribution in [0.15, 0.2) is 4.99 Å². The van der Waals surface area contributed by atoms with Crippen molar-refractivity contribution >= 4 is 16.2 Å². The van der Waals surface area contributed by atoms with Crippen molar-refractivity contribution in [2.45, 2.75) is 6.92 Å². The van der Waals surface area contributed by atoms with Gasteiger partial charge in [0.25, 0.3) is 0 Å². The molecule has 72 valence electrons. The summed E-state index contributed by atoms with van der Waals surface area (Å²) in [5, 5.41) is 3.07. The van der Waals surface area contributed by atoms with Gasteiger partial charge in [-0.1, -0.05) is 0 Å². The molecule has 0 amide bonds. The predicted molar refractivity (Wildman–Crippen MR) is 44.5 cm³/mol. The van der Waals surface area contributed by atoms with E-state index in [0.717, 1.165) is 26.0 Å². The monoisotopic (exact) mass is 196 g/mol. The van der Waals surface area contributed by atoms with E-state index in [0.29, 0.717) is 0 Å². The SMILES string of the molecule is CC1=NCCN1.COS(=O)(=O)O. The van der Waals surface area contributed by atoms with Crippen LogP contribution in [0.1, 0.15) is 6.92 Å². The minimum atomic E-state index is -4.16. The normalized spacial score (nSPS) is 15.8. The molecule has 1 rings (SSSR count). The Morgan fingerprint density at radius 1 is 1.67 bits per heavy atom. The van der Waals surface area contributed by atoms with Gasteiger partial charge in [0.05, 0.1) is 19.5 Å². The summed E-state index contributed by atoms with van der Waals surface area (Å²) in [5.74, 6) is 1.08. The highest BCUT2D eigenvalue weighted by molar-refractivity contribution is 7.80. The topological polar surface area (TPSA) is 88.0 Å². The first kappa shape index (κ1) is 11.3. The molecule has 1 heterocycles. The molecule has 0 unspecified atom stereocenters. The van der Waals surface area contributed by atoms with Crippen LogP contribution in [0.5, 0.6) is 0 Å². The van der Waals surface area contributed by atoms with Gasteiger partial charge in [-0.3, -0.25) is 13.7 Å². The summed E-state index contributed by atoms with van der Waals surface area (Å²) in [5.41, 5.74) is 0. The summed E-state index contributed by atoms with van der Waals surface area (Å²) in [4.78, 5) is 4.04. The number of rotatable bonds is 1. The third-order valence-electron chi connectivity index (χ3n) is 1.05. The Morgan fingerprint density at radius 3 is 2.25 bits per heavy atom. The molecule has 0 aliphatic carbocycles. The van der Waals surface area contributed by atoms with Crippen LogP contribution in [0.25, 0.3) is 0 Å². The molecule has 7 heteroatoms. The molecule has 6 nitrogen and oxygen atoms in total. The van der Waals surface area contributed by atoms with E-state index in [2.05, 4.69) is 14.5 Å². The van der Waals surface area contributed by atoms with Gasteiger partial charge in [-0.25, -0.2) is 0 Å². The number of nitrogens with one attached hydrogen (secondary N) is 1. The number of nitrogens with zero attached hydrogens (tertiary/aromatic N) is 1. The Hall–Kier alpha value is -0.660. The molecule has 0 radical (unpaired) electrons. The first-order valence-electron chi connectivity index (χ1n) is 3.23. The fraction of sp³-hybridized carbons (Fsp3) is 0.800. The first-order chi connectivity index (χ1) is 5.45. The second kappa shape index (κ2) is 5.07. The van der Waals surface area contributed by atoms with E-state index in [1.165, 1.54) is 0 Å². The highest BCUT2D eigenvalue weighted by Gasteiger charge is 1.94. The fourth-order valence-corrected chi connectivity index (χ4v) is 0.516. The third kappa shape index (κ3) is 7.45. The lowest BCUT2D eigenvalue weighted by molar-refractivity contribution is 0.324. The zero-order valence-corrected chi connectivity index (χ0v) is 7.76. The molecule has 2 N–H and O–H groups in total. The summed E-state index contributed by atoms with van der Waals surface area (Å²) < 4.78 is 29.7. The van der Waals surface area contributed by atoms with Crippen LogP contribution in [0.2, 0.25) is 0 Å².